The molecule has 2 rings (SSSR count). The van der Waals surface area contributed by atoms with Gasteiger partial charge in [-0.25, -0.2) is 4.98 Å². The summed E-state index contributed by atoms with van der Waals surface area (Å²) in [6, 6.07) is 0. The standard InChI is InChI=1S/C14H22N2O2S/c1-3-5-14(13(17)18)6-4-7-16(10-14)8-12-15-11(2)9-19-12/h9H,3-8,10H2,1-2H3,(H,17,18). The first kappa shape index (κ1) is 14.5. The van der Waals surface area contributed by atoms with Crippen molar-refractivity contribution in [1.29, 1.82) is 0 Å². The Morgan fingerprint density at radius 2 is 2.42 bits per heavy atom. The highest BCUT2D eigenvalue weighted by Crippen LogP contribution is 2.35. The molecule has 1 aliphatic heterocycles. The predicted molar refractivity (Wildman–Crippen MR) is 76.3 cm³/mol. The molecule has 0 amide bonds. The molecule has 2 heterocycles. The van der Waals surface area contributed by atoms with Crippen molar-refractivity contribution in [2.24, 2.45) is 5.41 Å². The maximum atomic E-state index is 11.6. The van der Waals surface area contributed by atoms with E-state index in [1.54, 1.807) is 11.3 Å². The number of hydrogen-bond donors (Lipinski definition) is 1. The van der Waals surface area contributed by atoms with Crippen LogP contribution in [0.5, 0.6) is 0 Å². The summed E-state index contributed by atoms with van der Waals surface area (Å²) in [5.74, 6) is -0.630. The summed E-state index contributed by atoms with van der Waals surface area (Å²) in [7, 11) is 0. The maximum absolute atomic E-state index is 11.6. The van der Waals surface area contributed by atoms with Gasteiger partial charge in [-0.15, -0.1) is 11.3 Å². The Labute approximate surface area is 118 Å². The lowest BCUT2D eigenvalue weighted by Gasteiger charge is -2.39. The van der Waals surface area contributed by atoms with E-state index in [4.69, 9.17) is 0 Å². The minimum absolute atomic E-state index is 0.542. The van der Waals surface area contributed by atoms with E-state index in [-0.39, 0.29) is 0 Å². The van der Waals surface area contributed by atoms with Gasteiger partial charge in [0.15, 0.2) is 0 Å². The van der Waals surface area contributed by atoms with Gasteiger partial charge >= 0.3 is 5.97 Å². The number of hydrogen-bond acceptors (Lipinski definition) is 4. The van der Waals surface area contributed by atoms with Crippen LogP contribution < -0.4 is 0 Å². The van der Waals surface area contributed by atoms with Gasteiger partial charge in [-0.2, -0.15) is 0 Å². The average Bonchev–Trinajstić information content (AvgIpc) is 2.75. The predicted octanol–water partition coefficient (Wildman–Crippen LogP) is 2.92. The van der Waals surface area contributed by atoms with Crippen LogP contribution in [0.3, 0.4) is 0 Å². The first-order valence-electron chi connectivity index (χ1n) is 6.92. The van der Waals surface area contributed by atoms with Crippen molar-refractivity contribution in [3.63, 3.8) is 0 Å². The lowest BCUT2D eigenvalue weighted by molar-refractivity contribution is -0.153. The summed E-state index contributed by atoms with van der Waals surface area (Å²) in [6.45, 7) is 6.49. The molecule has 1 aromatic rings. The summed E-state index contributed by atoms with van der Waals surface area (Å²) in [4.78, 5) is 18.4. The van der Waals surface area contributed by atoms with E-state index >= 15 is 0 Å². The topological polar surface area (TPSA) is 53.4 Å². The van der Waals surface area contributed by atoms with Gasteiger partial charge in [0.25, 0.3) is 0 Å². The van der Waals surface area contributed by atoms with Crippen molar-refractivity contribution in [3.8, 4) is 0 Å². The van der Waals surface area contributed by atoms with Crippen LogP contribution in [0.2, 0.25) is 0 Å². The number of carboxylic acid groups (broad SMARTS) is 1. The summed E-state index contributed by atoms with van der Waals surface area (Å²) in [6.07, 6.45) is 3.48. The number of rotatable bonds is 5. The third kappa shape index (κ3) is 3.34. The zero-order valence-corrected chi connectivity index (χ0v) is 12.5. The molecule has 0 bridgehead atoms. The number of aromatic nitrogens is 1. The molecular formula is C14H22N2O2S. The van der Waals surface area contributed by atoms with E-state index in [0.29, 0.717) is 6.54 Å². The number of piperidine rings is 1. The quantitative estimate of drug-likeness (QED) is 0.902. The SMILES string of the molecule is CCCC1(C(=O)O)CCCN(Cc2nc(C)cs2)C1. The lowest BCUT2D eigenvalue weighted by Crippen LogP contribution is -2.47. The fraction of sp³-hybridized carbons (Fsp3) is 0.714. The molecule has 0 saturated carbocycles. The molecule has 19 heavy (non-hydrogen) atoms. The minimum Gasteiger partial charge on any atom is -0.481 e. The Bertz CT molecular complexity index is 442. The number of thiazole rings is 1. The van der Waals surface area contributed by atoms with Crippen LogP contribution in [0.15, 0.2) is 5.38 Å². The molecule has 0 spiro atoms. The second-order valence-corrected chi connectivity index (χ2v) is 6.47. The van der Waals surface area contributed by atoms with Gasteiger partial charge in [0.1, 0.15) is 5.01 Å². The van der Waals surface area contributed by atoms with Crippen LogP contribution in [0.1, 0.15) is 43.3 Å². The molecule has 1 fully saturated rings. The largest absolute Gasteiger partial charge is 0.481 e. The van der Waals surface area contributed by atoms with Crippen molar-refractivity contribution in [2.45, 2.75) is 46.1 Å². The number of carboxylic acids is 1. The molecule has 1 saturated heterocycles. The molecule has 0 aromatic carbocycles. The van der Waals surface area contributed by atoms with E-state index in [1.165, 1.54) is 0 Å². The summed E-state index contributed by atoms with van der Waals surface area (Å²) < 4.78 is 0. The summed E-state index contributed by atoms with van der Waals surface area (Å²) >= 11 is 1.66. The molecule has 106 valence electrons. The highest BCUT2D eigenvalue weighted by Gasteiger charge is 2.41. The highest BCUT2D eigenvalue weighted by molar-refractivity contribution is 7.09. The molecule has 1 unspecified atom stereocenters. The lowest BCUT2D eigenvalue weighted by atomic mass is 9.76. The Morgan fingerprint density at radius 3 is 3.00 bits per heavy atom. The monoisotopic (exact) mass is 282 g/mol. The van der Waals surface area contributed by atoms with Crippen molar-refractivity contribution < 1.29 is 9.90 Å². The molecule has 1 atom stereocenters. The highest BCUT2D eigenvalue weighted by atomic mass is 32.1. The minimum atomic E-state index is -0.630. The zero-order valence-electron chi connectivity index (χ0n) is 11.7. The molecule has 0 aliphatic carbocycles. The Morgan fingerprint density at radius 1 is 1.63 bits per heavy atom. The van der Waals surface area contributed by atoms with Crippen molar-refractivity contribution in [1.82, 2.24) is 9.88 Å². The number of aryl methyl sites for hydroxylation is 1. The number of carbonyl (C=O) groups is 1. The van der Waals surface area contributed by atoms with Crippen LogP contribution in [-0.4, -0.2) is 34.0 Å². The summed E-state index contributed by atoms with van der Waals surface area (Å²) in [5, 5.41) is 12.7. The molecule has 1 aromatic heterocycles. The van der Waals surface area contributed by atoms with E-state index in [1.807, 2.05) is 6.92 Å². The maximum Gasteiger partial charge on any atom is 0.310 e. The Balaban J connectivity index is 2.05. The van der Waals surface area contributed by atoms with Crippen LogP contribution in [0.4, 0.5) is 0 Å². The summed E-state index contributed by atoms with van der Waals surface area (Å²) in [5.41, 5.74) is 0.509. The van der Waals surface area contributed by atoms with E-state index in [9.17, 15) is 9.90 Å². The van der Waals surface area contributed by atoms with E-state index < -0.39 is 11.4 Å². The molecule has 1 aliphatic rings. The third-order valence-corrected chi connectivity index (χ3v) is 4.82. The first-order chi connectivity index (χ1) is 9.05. The van der Waals surface area contributed by atoms with Gasteiger partial charge in [0.2, 0.25) is 0 Å². The smallest absolute Gasteiger partial charge is 0.310 e. The molecule has 5 heteroatoms. The fourth-order valence-corrected chi connectivity index (χ4v) is 3.81. The van der Waals surface area contributed by atoms with Crippen molar-refractivity contribution in [3.05, 3.63) is 16.1 Å². The van der Waals surface area contributed by atoms with Crippen LogP contribution in [-0.2, 0) is 11.3 Å². The third-order valence-electron chi connectivity index (χ3n) is 3.86. The number of likely N-dealkylation sites (tertiary alicyclic amines) is 1. The normalized spacial score (nSPS) is 24.5. The molecular weight excluding hydrogens is 260 g/mol. The number of nitrogens with zero attached hydrogens (tertiary/aromatic N) is 2. The van der Waals surface area contributed by atoms with Gasteiger partial charge in [-0.3, -0.25) is 9.69 Å². The van der Waals surface area contributed by atoms with Crippen molar-refractivity contribution in [2.75, 3.05) is 13.1 Å². The van der Waals surface area contributed by atoms with Gasteiger partial charge < -0.3 is 5.11 Å². The Hall–Kier alpha value is -0.940. The van der Waals surface area contributed by atoms with Gasteiger partial charge in [0, 0.05) is 17.6 Å². The zero-order chi connectivity index (χ0) is 13.9. The second kappa shape index (κ2) is 6.01. The Kier molecular flexibility index (Phi) is 4.58. The first-order valence-corrected chi connectivity index (χ1v) is 7.80. The second-order valence-electron chi connectivity index (χ2n) is 5.53. The van der Waals surface area contributed by atoms with E-state index in [0.717, 1.165) is 49.5 Å². The van der Waals surface area contributed by atoms with Gasteiger partial charge in [0.05, 0.1) is 12.0 Å². The average molecular weight is 282 g/mol. The van der Waals surface area contributed by atoms with Crippen LogP contribution >= 0.6 is 11.3 Å². The van der Waals surface area contributed by atoms with E-state index in [2.05, 4.69) is 22.2 Å². The van der Waals surface area contributed by atoms with Crippen LogP contribution in [0.25, 0.3) is 0 Å². The molecule has 1 N–H and O–H groups in total. The number of aliphatic carboxylic acids is 1. The molecule has 4 nitrogen and oxygen atoms in total. The van der Waals surface area contributed by atoms with Crippen LogP contribution in [0, 0.1) is 12.3 Å². The van der Waals surface area contributed by atoms with Gasteiger partial charge in [-0.1, -0.05) is 13.3 Å². The van der Waals surface area contributed by atoms with Gasteiger partial charge in [-0.05, 0) is 32.7 Å². The van der Waals surface area contributed by atoms with Crippen molar-refractivity contribution >= 4 is 17.3 Å². The fourth-order valence-electron chi connectivity index (χ4n) is 2.99. The molecule has 0 radical (unpaired) electrons.